The molecule has 2 rings (SSSR count). The van der Waals surface area contributed by atoms with Gasteiger partial charge in [-0.2, -0.15) is 0 Å². The molecule has 0 spiro atoms. The number of benzene rings is 1. The van der Waals surface area contributed by atoms with Crippen LogP contribution in [0.25, 0.3) is 0 Å². The van der Waals surface area contributed by atoms with Gasteiger partial charge in [0.15, 0.2) is 0 Å². The summed E-state index contributed by atoms with van der Waals surface area (Å²) in [5.41, 5.74) is 1.93. The second kappa shape index (κ2) is 8.95. The highest BCUT2D eigenvalue weighted by Crippen LogP contribution is 2.18. The maximum atomic E-state index is 12.0. The molecule has 0 aromatic heterocycles. The summed E-state index contributed by atoms with van der Waals surface area (Å²) in [5.74, 6) is 0.630. The number of halogens is 1. The van der Waals surface area contributed by atoms with Crippen molar-refractivity contribution in [2.45, 2.75) is 25.9 Å². The van der Waals surface area contributed by atoms with E-state index < -0.39 is 0 Å². The summed E-state index contributed by atoms with van der Waals surface area (Å²) in [6.07, 6.45) is 2.81. The Morgan fingerprint density at radius 2 is 2.15 bits per heavy atom. The van der Waals surface area contributed by atoms with Crippen LogP contribution in [-0.4, -0.2) is 26.1 Å². The molecule has 5 heteroatoms. The monoisotopic (exact) mass is 298 g/mol. The van der Waals surface area contributed by atoms with E-state index in [2.05, 4.69) is 10.6 Å². The molecule has 0 radical (unpaired) electrons. The summed E-state index contributed by atoms with van der Waals surface area (Å²) in [5, 5.41) is 6.29. The van der Waals surface area contributed by atoms with Crippen LogP contribution in [-0.2, 0) is 16.1 Å². The van der Waals surface area contributed by atoms with Crippen LogP contribution in [0, 0.1) is 5.92 Å². The van der Waals surface area contributed by atoms with Crippen LogP contribution in [0.1, 0.15) is 24.8 Å². The molecule has 0 bridgehead atoms. The topological polar surface area (TPSA) is 50.4 Å². The molecule has 1 saturated heterocycles. The molecule has 1 aliphatic heterocycles. The van der Waals surface area contributed by atoms with Crippen LogP contribution >= 0.6 is 12.4 Å². The van der Waals surface area contributed by atoms with Gasteiger partial charge in [-0.1, -0.05) is 12.1 Å². The van der Waals surface area contributed by atoms with Gasteiger partial charge in [-0.05, 0) is 49.5 Å². The Labute approximate surface area is 126 Å². The first-order valence-electron chi connectivity index (χ1n) is 6.86. The van der Waals surface area contributed by atoms with Gasteiger partial charge in [0.05, 0.1) is 6.61 Å². The van der Waals surface area contributed by atoms with Gasteiger partial charge in [-0.25, -0.2) is 0 Å². The molecule has 2 N–H and O–H groups in total. The molecule has 1 aromatic carbocycles. The van der Waals surface area contributed by atoms with E-state index in [9.17, 15) is 4.79 Å². The molecule has 112 valence electrons. The van der Waals surface area contributed by atoms with E-state index in [1.165, 1.54) is 0 Å². The number of piperidine rings is 1. The molecule has 0 unspecified atom stereocenters. The normalized spacial score (nSPS) is 15.4. The largest absolute Gasteiger partial charge is 0.380 e. The summed E-state index contributed by atoms with van der Waals surface area (Å²) in [7, 11) is 1.67. The first kappa shape index (κ1) is 17.0. The van der Waals surface area contributed by atoms with Crippen molar-refractivity contribution in [2.24, 2.45) is 5.92 Å². The lowest BCUT2D eigenvalue weighted by atomic mass is 9.94. The van der Waals surface area contributed by atoms with Crippen molar-refractivity contribution in [3.63, 3.8) is 0 Å². The maximum absolute atomic E-state index is 12.0. The summed E-state index contributed by atoms with van der Waals surface area (Å²) in [4.78, 5) is 12.0. The molecule has 1 aliphatic rings. The Hall–Kier alpha value is -1.10. The standard InChI is InChI=1S/C15H22N2O2.ClH/c1-19-11-13-3-2-4-14(9-13)17-15(18)10-12-5-7-16-8-6-12;/h2-4,9,12,16H,5-8,10-11H2,1H3,(H,17,18);1H. The lowest BCUT2D eigenvalue weighted by molar-refractivity contribution is -0.117. The van der Waals surface area contributed by atoms with Crippen molar-refractivity contribution < 1.29 is 9.53 Å². The number of hydrogen-bond acceptors (Lipinski definition) is 3. The van der Waals surface area contributed by atoms with Gasteiger partial charge in [0.1, 0.15) is 0 Å². The zero-order valence-electron chi connectivity index (χ0n) is 11.9. The van der Waals surface area contributed by atoms with Crippen LogP contribution in [0.5, 0.6) is 0 Å². The SMILES string of the molecule is COCc1cccc(NC(=O)CC2CCNCC2)c1.Cl. The summed E-state index contributed by atoms with van der Waals surface area (Å²) in [6, 6.07) is 7.81. The van der Waals surface area contributed by atoms with Crippen molar-refractivity contribution in [1.29, 1.82) is 0 Å². The smallest absolute Gasteiger partial charge is 0.224 e. The Kier molecular flexibility index (Phi) is 7.59. The van der Waals surface area contributed by atoms with Gasteiger partial charge in [-0.3, -0.25) is 4.79 Å². The predicted molar refractivity (Wildman–Crippen MR) is 83.2 cm³/mol. The van der Waals surface area contributed by atoms with Crippen LogP contribution in [0.2, 0.25) is 0 Å². The van der Waals surface area contributed by atoms with Crippen molar-refractivity contribution in [1.82, 2.24) is 5.32 Å². The minimum Gasteiger partial charge on any atom is -0.380 e. The molecule has 0 aliphatic carbocycles. The van der Waals surface area contributed by atoms with Crippen LogP contribution in [0.15, 0.2) is 24.3 Å². The first-order valence-corrected chi connectivity index (χ1v) is 6.86. The van der Waals surface area contributed by atoms with Crippen LogP contribution < -0.4 is 10.6 Å². The number of carbonyl (C=O) groups is 1. The summed E-state index contributed by atoms with van der Waals surface area (Å²) in [6.45, 7) is 2.63. The fourth-order valence-electron chi connectivity index (χ4n) is 2.47. The quantitative estimate of drug-likeness (QED) is 0.878. The average Bonchev–Trinajstić information content (AvgIpc) is 2.40. The van der Waals surface area contributed by atoms with Crippen molar-refractivity contribution in [2.75, 3.05) is 25.5 Å². The first-order chi connectivity index (χ1) is 9.28. The lowest BCUT2D eigenvalue weighted by Crippen LogP contribution is -2.30. The molecule has 1 amide bonds. The van der Waals surface area contributed by atoms with Gasteiger partial charge >= 0.3 is 0 Å². The van der Waals surface area contributed by atoms with Gasteiger partial charge in [0.2, 0.25) is 5.91 Å². The van der Waals surface area contributed by atoms with Crippen molar-refractivity contribution >= 4 is 24.0 Å². The van der Waals surface area contributed by atoms with Crippen molar-refractivity contribution in [3.05, 3.63) is 29.8 Å². The third-order valence-corrected chi connectivity index (χ3v) is 3.45. The lowest BCUT2D eigenvalue weighted by Gasteiger charge is -2.21. The van der Waals surface area contributed by atoms with Crippen LogP contribution in [0.4, 0.5) is 5.69 Å². The van der Waals surface area contributed by atoms with Crippen LogP contribution in [0.3, 0.4) is 0 Å². The minimum absolute atomic E-state index is 0. The van der Waals surface area contributed by atoms with E-state index in [4.69, 9.17) is 4.74 Å². The predicted octanol–water partition coefficient (Wildman–Crippen LogP) is 2.58. The van der Waals surface area contributed by atoms with E-state index in [-0.39, 0.29) is 18.3 Å². The number of anilines is 1. The number of methoxy groups -OCH3 is 1. The fraction of sp³-hybridized carbons (Fsp3) is 0.533. The fourth-order valence-corrected chi connectivity index (χ4v) is 2.47. The Morgan fingerprint density at radius 1 is 1.40 bits per heavy atom. The summed E-state index contributed by atoms with van der Waals surface area (Å²) >= 11 is 0. The Morgan fingerprint density at radius 3 is 2.85 bits per heavy atom. The zero-order chi connectivity index (χ0) is 13.5. The average molecular weight is 299 g/mol. The highest BCUT2D eigenvalue weighted by atomic mass is 35.5. The molecule has 1 heterocycles. The van der Waals surface area contributed by atoms with Gasteiger partial charge in [-0.15, -0.1) is 12.4 Å². The molecule has 1 aromatic rings. The number of rotatable bonds is 5. The Balaban J connectivity index is 0.00000200. The summed E-state index contributed by atoms with van der Waals surface area (Å²) < 4.78 is 5.09. The third kappa shape index (κ3) is 5.49. The molecular formula is C15H23ClN2O2. The highest BCUT2D eigenvalue weighted by molar-refractivity contribution is 5.90. The second-order valence-electron chi connectivity index (χ2n) is 5.08. The van der Waals surface area contributed by atoms with Crippen molar-refractivity contribution in [3.8, 4) is 0 Å². The van der Waals surface area contributed by atoms with Gasteiger partial charge < -0.3 is 15.4 Å². The molecule has 20 heavy (non-hydrogen) atoms. The minimum atomic E-state index is 0. The number of ether oxygens (including phenoxy) is 1. The van der Waals surface area contributed by atoms with E-state index in [0.29, 0.717) is 18.9 Å². The molecule has 0 atom stereocenters. The number of amides is 1. The highest BCUT2D eigenvalue weighted by Gasteiger charge is 2.16. The van der Waals surface area contributed by atoms with Gasteiger partial charge in [0.25, 0.3) is 0 Å². The third-order valence-electron chi connectivity index (χ3n) is 3.45. The Bertz CT molecular complexity index is 420. The number of hydrogen-bond donors (Lipinski definition) is 2. The number of carbonyl (C=O) groups excluding carboxylic acids is 1. The number of nitrogens with one attached hydrogen (secondary N) is 2. The molecule has 1 fully saturated rings. The molecular weight excluding hydrogens is 276 g/mol. The van der Waals surface area contributed by atoms with Gasteiger partial charge in [0, 0.05) is 19.2 Å². The zero-order valence-corrected chi connectivity index (χ0v) is 12.7. The van der Waals surface area contributed by atoms with E-state index in [1.54, 1.807) is 7.11 Å². The van der Waals surface area contributed by atoms with E-state index in [0.717, 1.165) is 37.2 Å². The maximum Gasteiger partial charge on any atom is 0.224 e. The molecule has 4 nitrogen and oxygen atoms in total. The molecule has 0 saturated carbocycles. The van der Waals surface area contributed by atoms with E-state index in [1.807, 2.05) is 24.3 Å². The van der Waals surface area contributed by atoms with E-state index >= 15 is 0 Å². The second-order valence-corrected chi connectivity index (χ2v) is 5.08.